The second kappa shape index (κ2) is 9.11. The lowest BCUT2D eigenvalue weighted by Gasteiger charge is -2.14. The first kappa shape index (κ1) is 17.2. The average molecular weight is 396 g/mol. The first-order valence-corrected chi connectivity index (χ1v) is 7.03. The van der Waals surface area contributed by atoms with Gasteiger partial charge in [0.25, 0.3) is 0 Å². The number of methoxy groups -OCH3 is 1. The number of aliphatic hydroxyl groups is 1. The van der Waals surface area contributed by atoms with Crippen LogP contribution >= 0.6 is 22.6 Å². The summed E-state index contributed by atoms with van der Waals surface area (Å²) in [7, 11) is 1.56. The highest BCUT2D eigenvalue weighted by atomic mass is 127. The summed E-state index contributed by atoms with van der Waals surface area (Å²) < 4.78 is 16.1. The number of rotatable bonds is 9. The number of ether oxygens (including phenoxy) is 3. The molecule has 0 aromatic heterocycles. The fourth-order valence-electron chi connectivity index (χ4n) is 1.39. The number of carboxylic acid groups (broad SMARTS) is 1. The molecule has 1 unspecified atom stereocenters. The van der Waals surface area contributed by atoms with Crippen LogP contribution in [0.5, 0.6) is 5.75 Å². The summed E-state index contributed by atoms with van der Waals surface area (Å²) in [5, 5.41) is 18.7. The number of aliphatic hydroxyl groups excluding tert-OH is 1. The molecule has 2 N–H and O–H groups in total. The van der Waals surface area contributed by atoms with Gasteiger partial charge in [-0.15, -0.1) is 0 Å². The van der Waals surface area contributed by atoms with Crippen LogP contribution in [0.4, 0.5) is 0 Å². The molecule has 7 heteroatoms. The molecule has 0 aliphatic carbocycles. The van der Waals surface area contributed by atoms with Crippen LogP contribution in [0.15, 0.2) is 18.2 Å². The van der Waals surface area contributed by atoms with E-state index in [9.17, 15) is 9.90 Å². The van der Waals surface area contributed by atoms with E-state index in [0.29, 0.717) is 13.2 Å². The van der Waals surface area contributed by atoms with Crippen LogP contribution in [-0.2, 0) is 9.47 Å². The third-order valence-corrected chi connectivity index (χ3v) is 3.02. The fraction of sp³-hybridized carbons (Fsp3) is 0.462. The van der Waals surface area contributed by atoms with Gasteiger partial charge in [-0.25, -0.2) is 4.79 Å². The molecule has 1 aromatic carbocycles. The van der Waals surface area contributed by atoms with Gasteiger partial charge in [-0.05, 0) is 40.8 Å². The number of carboxylic acids is 1. The lowest BCUT2D eigenvalue weighted by Crippen LogP contribution is -2.24. The smallest absolute Gasteiger partial charge is 0.339 e. The molecular weight excluding hydrogens is 379 g/mol. The van der Waals surface area contributed by atoms with E-state index < -0.39 is 12.1 Å². The quantitative estimate of drug-likeness (QED) is 0.485. The molecule has 0 spiro atoms. The van der Waals surface area contributed by atoms with Gasteiger partial charge >= 0.3 is 5.97 Å². The molecule has 0 aliphatic heterocycles. The van der Waals surface area contributed by atoms with Gasteiger partial charge in [-0.2, -0.15) is 0 Å². The molecule has 1 aromatic rings. The molecule has 1 rings (SSSR count). The topological polar surface area (TPSA) is 85.2 Å². The monoisotopic (exact) mass is 396 g/mol. The number of carbonyl (C=O) groups is 1. The average Bonchev–Trinajstić information content (AvgIpc) is 2.42. The Hall–Kier alpha value is -0.900. The van der Waals surface area contributed by atoms with E-state index in [1.54, 1.807) is 19.2 Å². The fourth-order valence-corrected chi connectivity index (χ4v) is 1.88. The van der Waals surface area contributed by atoms with Crippen LogP contribution in [0.1, 0.15) is 10.4 Å². The minimum absolute atomic E-state index is 0.0339. The molecule has 0 saturated carbocycles. The Morgan fingerprint density at radius 3 is 2.75 bits per heavy atom. The summed E-state index contributed by atoms with van der Waals surface area (Å²) in [6.45, 7) is 0.912. The predicted octanol–water partition coefficient (Wildman–Crippen LogP) is 1.39. The minimum Gasteiger partial charge on any atom is -0.490 e. The third-order valence-electron chi connectivity index (χ3n) is 2.35. The van der Waals surface area contributed by atoms with Gasteiger partial charge in [0.05, 0.1) is 19.8 Å². The Balaban J connectivity index is 2.46. The summed E-state index contributed by atoms with van der Waals surface area (Å²) >= 11 is 2.02. The highest BCUT2D eigenvalue weighted by Gasteiger charge is 2.13. The van der Waals surface area contributed by atoms with Crippen LogP contribution < -0.4 is 4.74 Å². The van der Waals surface area contributed by atoms with Gasteiger partial charge in [0.2, 0.25) is 0 Å². The number of benzene rings is 1. The summed E-state index contributed by atoms with van der Waals surface area (Å²) in [5.74, 6) is -0.835. The maximum Gasteiger partial charge on any atom is 0.339 e. The van der Waals surface area contributed by atoms with Crippen molar-refractivity contribution in [3.63, 3.8) is 0 Å². The molecule has 20 heavy (non-hydrogen) atoms. The zero-order valence-corrected chi connectivity index (χ0v) is 13.2. The van der Waals surface area contributed by atoms with Crippen molar-refractivity contribution in [1.29, 1.82) is 0 Å². The second-order valence-corrected chi connectivity index (χ2v) is 5.22. The standard InChI is InChI=1S/C13H17IO6/c1-18-4-5-19-7-10(15)8-20-12-3-2-9(14)6-11(12)13(16)17/h2-3,6,10,15H,4-5,7-8H2,1H3,(H,16,17). The Morgan fingerprint density at radius 1 is 1.35 bits per heavy atom. The van der Waals surface area contributed by atoms with Gasteiger partial charge in [0, 0.05) is 10.7 Å². The van der Waals surface area contributed by atoms with Crippen molar-refractivity contribution in [2.24, 2.45) is 0 Å². The van der Waals surface area contributed by atoms with E-state index in [1.165, 1.54) is 6.07 Å². The van der Waals surface area contributed by atoms with Gasteiger partial charge in [-0.3, -0.25) is 0 Å². The molecule has 0 heterocycles. The van der Waals surface area contributed by atoms with E-state index in [1.807, 2.05) is 22.6 Å². The molecule has 112 valence electrons. The normalized spacial score (nSPS) is 12.2. The Morgan fingerprint density at radius 2 is 2.10 bits per heavy atom. The maximum absolute atomic E-state index is 11.1. The molecule has 0 aliphatic rings. The number of halogens is 1. The van der Waals surface area contributed by atoms with Crippen LogP contribution in [0.2, 0.25) is 0 Å². The van der Waals surface area contributed by atoms with Crippen LogP contribution in [0.3, 0.4) is 0 Å². The largest absolute Gasteiger partial charge is 0.490 e. The van der Waals surface area contributed by atoms with E-state index in [-0.39, 0.29) is 24.5 Å². The zero-order chi connectivity index (χ0) is 15.0. The lowest BCUT2D eigenvalue weighted by molar-refractivity contribution is -0.00439. The molecular formula is C13H17IO6. The molecule has 0 amide bonds. The first-order valence-electron chi connectivity index (χ1n) is 5.95. The highest BCUT2D eigenvalue weighted by Crippen LogP contribution is 2.21. The third kappa shape index (κ3) is 6.04. The van der Waals surface area contributed by atoms with E-state index in [0.717, 1.165) is 3.57 Å². The van der Waals surface area contributed by atoms with Crippen molar-refractivity contribution < 1.29 is 29.2 Å². The molecule has 0 radical (unpaired) electrons. The van der Waals surface area contributed by atoms with Crippen molar-refractivity contribution in [3.8, 4) is 5.75 Å². The summed E-state index contributed by atoms with van der Waals surface area (Å²) in [6, 6.07) is 4.83. The predicted molar refractivity (Wildman–Crippen MR) is 80.3 cm³/mol. The highest BCUT2D eigenvalue weighted by molar-refractivity contribution is 14.1. The number of hydrogen-bond acceptors (Lipinski definition) is 5. The zero-order valence-electron chi connectivity index (χ0n) is 11.0. The summed E-state index contributed by atoms with van der Waals surface area (Å²) in [6.07, 6.45) is -0.826. The molecule has 6 nitrogen and oxygen atoms in total. The Kier molecular flexibility index (Phi) is 7.82. The Labute approximate surface area is 130 Å². The molecule has 0 bridgehead atoms. The van der Waals surface area contributed by atoms with E-state index >= 15 is 0 Å². The van der Waals surface area contributed by atoms with Crippen LogP contribution in [-0.4, -0.2) is 55.8 Å². The van der Waals surface area contributed by atoms with Crippen molar-refractivity contribution in [2.45, 2.75) is 6.10 Å². The second-order valence-electron chi connectivity index (χ2n) is 3.98. The minimum atomic E-state index is -1.07. The van der Waals surface area contributed by atoms with Crippen LogP contribution in [0.25, 0.3) is 0 Å². The first-order chi connectivity index (χ1) is 9.54. The molecule has 0 saturated heterocycles. The van der Waals surface area contributed by atoms with Gasteiger partial charge < -0.3 is 24.4 Å². The van der Waals surface area contributed by atoms with E-state index in [2.05, 4.69) is 0 Å². The number of aromatic carboxylic acids is 1. The number of hydrogen-bond donors (Lipinski definition) is 2. The van der Waals surface area contributed by atoms with Crippen molar-refractivity contribution in [2.75, 3.05) is 33.5 Å². The van der Waals surface area contributed by atoms with Crippen molar-refractivity contribution in [3.05, 3.63) is 27.3 Å². The van der Waals surface area contributed by atoms with Crippen molar-refractivity contribution in [1.82, 2.24) is 0 Å². The van der Waals surface area contributed by atoms with E-state index in [4.69, 9.17) is 19.3 Å². The molecule has 1 atom stereocenters. The van der Waals surface area contributed by atoms with Crippen molar-refractivity contribution >= 4 is 28.6 Å². The van der Waals surface area contributed by atoms with Gasteiger partial charge in [-0.1, -0.05) is 0 Å². The Bertz CT molecular complexity index is 437. The summed E-state index contributed by atoms with van der Waals surface area (Å²) in [4.78, 5) is 11.1. The van der Waals surface area contributed by atoms with Crippen LogP contribution in [0, 0.1) is 3.57 Å². The maximum atomic E-state index is 11.1. The van der Waals surface area contributed by atoms with Gasteiger partial charge in [0.15, 0.2) is 0 Å². The molecule has 0 fully saturated rings. The summed E-state index contributed by atoms with van der Waals surface area (Å²) in [5.41, 5.74) is 0.0735. The van der Waals surface area contributed by atoms with Gasteiger partial charge in [0.1, 0.15) is 24.0 Å². The SMILES string of the molecule is COCCOCC(O)COc1ccc(I)cc1C(=O)O. The lowest BCUT2D eigenvalue weighted by atomic mass is 10.2.